The van der Waals surface area contributed by atoms with Gasteiger partial charge in [-0.15, -0.1) is 0 Å². The van der Waals surface area contributed by atoms with Gasteiger partial charge in [-0.25, -0.2) is 0 Å². The molecule has 0 saturated heterocycles. The van der Waals surface area contributed by atoms with Gasteiger partial charge in [-0.2, -0.15) is 0 Å². The Bertz CT molecular complexity index is 213. The minimum Gasteiger partial charge on any atom is -0.347 e. The van der Waals surface area contributed by atoms with Gasteiger partial charge in [0, 0.05) is 13.0 Å². The predicted octanol–water partition coefficient (Wildman–Crippen LogP) is 1.27. The number of amides is 1. The van der Waals surface area contributed by atoms with Crippen molar-refractivity contribution >= 4 is 11.7 Å². The van der Waals surface area contributed by atoms with Crippen molar-refractivity contribution in [2.75, 3.05) is 0 Å². The predicted molar refractivity (Wildman–Crippen MR) is 50.2 cm³/mol. The number of ketones is 1. The summed E-state index contributed by atoms with van der Waals surface area (Å²) in [6.07, 6.45) is 4.43. The molecule has 0 radical (unpaired) electrons. The summed E-state index contributed by atoms with van der Waals surface area (Å²) in [6.45, 7) is 3.49. The minimum atomic E-state index is -0.431. The van der Waals surface area contributed by atoms with Crippen LogP contribution in [0.4, 0.5) is 0 Å². The van der Waals surface area contributed by atoms with Gasteiger partial charge < -0.3 is 5.32 Å². The summed E-state index contributed by atoms with van der Waals surface area (Å²) in [5.41, 5.74) is 0. The Morgan fingerprint density at radius 1 is 1.31 bits per heavy atom. The van der Waals surface area contributed by atoms with Crippen LogP contribution in [0.25, 0.3) is 0 Å². The lowest BCUT2D eigenvalue weighted by molar-refractivity contribution is -0.137. The molecular weight excluding hydrogens is 166 g/mol. The molecule has 13 heavy (non-hydrogen) atoms. The number of Topliss-reactive ketones (excluding diaryl/α,β-unsaturated/α-hetero) is 1. The summed E-state index contributed by atoms with van der Waals surface area (Å²) in [7, 11) is 0. The van der Waals surface area contributed by atoms with Gasteiger partial charge in [-0.1, -0.05) is 19.8 Å². The molecule has 1 fully saturated rings. The molecule has 2 unspecified atom stereocenters. The Hall–Kier alpha value is -0.860. The summed E-state index contributed by atoms with van der Waals surface area (Å²) < 4.78 is 0. The van der Waals surface area contributed by atoms with E-state index in [2.05, 4.69) is 12.2 Å². The Kier molecular flexibility index (Phi) is 3.46. The van der Waals surface area contributed by atoms with Gasteiger partial charge in [0.15, 0.2) is 0 Å². The molecule has 1 aliphatic carbocycles. The first-order chi connectivity index (χ1) is 6.09. The standard InChI is InChI=1S/C10H17NO2/c1-7-4-3-5-9(6-7)11-10(13)8(2)12/h7,9H,3-6H2,1-2H3,(H,11,13). The molecule has 0 bridgehead atoms. The molecule has 0 spiro atoms. The highest BCUT2D eigenvalue weighted by molar-refractivity contribution is 6.35. The first-order valence-electron chi connectivity index (χ1n) is 4.91. The van der Waals surface area contributed by atoms with Crippen LogP contribution in [0.2, 0.25) is 0 Å². The number of nitrogens with one attached hydrogen (secondary N) is 1. The van der Waals surface area contributed by atoms with Crippen LogP contribution in [0.1, 0.15) is 39.5 Å². The summed E-state index contributed by atoms with van der Waals surface area (Å²) in [4.78, 5) is 21.7. The highest BCUT2D eigenvalue weighted by Crippen LogP contribution is 2.23. The molecule has 0 aromatic carbocycles. The number of hydrogen-bond acceptors (Lipinski definition) is 2. The van der Waals surface area contributed by atoms with Crippen molar-refractivity contribution in [3.05, 3.63) is 0 Å². The molecule has 0 aliphatic heterocycles. The topological polar surface area (TPSA) is 46.2 Å². The van der Waals surface area contributed by atoms with E-state index in [0.717, 1.165) is 19.3 Å². The molecule has 1 aliphatic rings. The second-order valence-electron chi connectivity index (χ2n) is 4.00. The molecule has 0 aromatic heterocycles. The van der Waals surface area contributed by atoms with Gasteiger partial charge in [-0.3, -0.25) is 9.59 Å². The van der Waals surface area contributed by atoms with Gasteiger partial charge in [0.2, 0.25) is 5.78 Å². The fourth-order valence-electron chi connectivity index (χ4n) is 1.85. The first-order valence-corrected chi connectivity index (χ1v) is 4.91. The summed E-state index contributed by atoms with van der Waals surface area (Å²) in [5.74, 6) is -0.150. The van der Waals surface area contributed by atoms with E-state index in [9.17, 15) is 9.59 Å². The van der Waals surface area contributed by atoms with Gasteiger partial charge in [-0.05, 0) is 18.8 Å². The quantitative estimate of drug-likeness (QED) is 0.655. The fraction of sp³-hybridized carbons (Fsp3) is 0.800. The highest BCUT2D eigenvalue weighted by Gasteiger charge is 2.21. The lowest BCUT2D eigenvalue weighted by atomic mass is 9.87. The van der Waals surface area contributed by atoms with E-state index in [1.807, 2.05) is 0 Å². The van der Waals surface area contributed by atoms with Crippen molar-refractivity contribution in [1.82, 2.24) is 5.32 Å². The average Bonchev–Trinajstić information content (AvgIpc) is 2.04. The Labute approximate surface area is 78.9 Å². The SMILES string of the molecule is CC(=O)C(=O)NC1CCCC(C)C1. The largest absolute Gasteiger partial charge is 0.347 e. The van der Waals surface area contributed by atoms with Crippen LogP contribution in [-0.4, -0.2) is 17.7 Å². The van der Waals surface area contributed by atoms with Crippen LogP contribution in [0, 0.1) is 5.92 Å². The smallest absolute Gasteiger partial charge is 0.287 e. The van der Waals surface area contributed by atoms with E-state index in [4.69, 9.17) is 0 Å². The van der Waals surface area contributed by atoms with Gasteiger partial charge >= 0.3 is 0 Å². The van der Waals surface area contributed by atoms with Crippen LogP contribution in [0.15, 0.2) is 0 Å². The molecule has 2 atom stereocenters. The third-order valence-corrected chi connectivity index (χ3v) is 2.59. The minimum absolute atomic E-state index is 0.222. The molecule has 0 heterocycles. The third kappa shape index (κ3) is 3.17. The van der Waals surface area contributed by atoms with Crippen molar-refractivity contribution in [2.24, 2.45) is 5.92 Å². The van der Waals surface area contributed by atoms with Gasteiger partial charge in [0.05, 0.1) is 0 Å². The Morgan fingerprint density at radius 2 is 2.00 bits per heavy atom. The molecule has 1 N–H and O–H groups in total. The first kappa shape index (κ1) is 10.2. The number of carbonyl (C=O) groups is 2. The van der Waals surface area contributed by atoms with E-state index < -0.39 is 11.7 Å². The summed E-state index contributed by atoms with van der Waals surface area (Å²) >= 11 is 0. The second-order valence-corrected chi connectivity index (χ2v) is 4.00. The van der Waals surface area contributed by atoms with Crippen molar-refractivity contribution in [2.45, 2.75) is 45.6 Å². The number of rotatable bonds is 2. The highest BCUT2D eigenvalue weighted by atomic mass is 16.2. The lowest BCUT2D eigenvalue weighted by Gasteiger charge is -2.26. The fourth-order valence-corrected chi connectivity index (χ4v) is 1.85. The van der Waals surface area contributed by atoms with Crippen molar-refractivity contribution in [1.29, 1.82) is 0 Å². The normalized spacial score (nSPS) is 28.2. The third-order valence-electron chi connectivity index (χ3n) is 2.59. The summed E-state index contributed by atoms with van der Waals surface area (Å²) in [5, 5.41) is 2.76. The van der Waals surface area contributed by atoms with Crippen molar-refractivity contribution < 1.29 is 9.59 Å². The van der Waals surface area contributed by atoms with Crippen LogP contribution in [0.3, 0.4) is 0 Å². The summed E-state index contributed by atoms with van der Waals surface area (Å²) in [6, 6.07) is 0.222. The van der Waals surface area contributed by atoms with Crippen LogP contribution < -0.4 is 5.32 Å². The lowest BCUT2D eigenvalue weighted by Crippen LogP contribution is -2.40. The molecule has 74 valence electrons. The zero-order valence-electron chi connectivity index (χ0n) is 8.30. The second kappa shape index (κ2) is 4.40. The molecule has 1 amide bonds. The van der Waals surface area contributed by atoms with Gasteiger partial charge in [0.1, 0.15) is 0 Å². The van der Waals surface area contributed by atoms with Gasteiger partial charge in [0.25, 0.3) is 5.91 Å². The monoisotopic (exact) mass is 183 g/mol. The maximum absolute atomic E-state index is 11.1. The van der Waals surface area contributed by atoms with E-state index >= 15 is 0 Å². The zero-order valence-corrected chi connectivity index (χ0v) is 8.30. The molecule has 1 rings (SSSR count). The molecule has 3 nitrogen and oxygen atoms in total. The van der Waals surface area contributed by atoms with Crippen molar-refractivity contribution in [3.8, 4) is 0 Å². The van der Waals surface area contributed by atoms with E-state index in [1.54, 1.807) is 0 Å². The number of carbonyl (C=O) groups excluding carboxylic acids is 2. The Morgan fingerprint density at radius 3 is 2.54 bits per heavy atom. The molecule has 1 saturated carbocycles. The van der Waals surface area contributed by atoms with Crippen LogP contribution in [0.5, 0.6) is 0 Å². The maximum Gasteiger partial charge on any atom is 0.287 e. The molecular formula is C10H17NO2. The number of hydrogen-bond donors (Lipinski definition) is 1. The average molecular weight is 183 g/mol. The van der Waals surface area contributed by atoms with E-state index in [0.29, 0.717) is 5.92 Å². The van der Waals surface area contributed by atoms with Crippen LogP contribution >= 0.6 is 0 Å². The van der Waals surface area contributed by atoms with E-state index in [1.165, 1.54) is 13.3 Å². The van der Waals surface area contributed by atoms with Crippen molar-refractivity contribution in [3.63, 3.8) is 0 Å². The zero-order chi connectivity index (χ0) is 9.84. The van der Waals surface area contributed by atoms with Crippen LogP contribution in [-0.2, 0) is 9.59 Å². The maximum atomic E-state index is 11.1. The van der Waals surface area contributed by atoms with E-state index in [-0.39, 0.29) is 6.04 Å². The Balaban J connectivity index is 2.36. The molecule has 0 aromatic rings. The molecule has 3 heteroatoms.